The molecule has 0 unspecified atom stereocenters. The highest BCUT2D eigenvalue weighted by Crippen LogP contribution is 2.29. The molecule has 0 aromatic heterocycles. The van der Waals surface area contributed by atoms with Crippen LogP contribution < -0.4 is 10.6 Å². The van der Waals surface area contributed by atoms with Crippen molar-refractivity contribution in [1.82, 2.24) is 10.2 Å². The van der Waals surface area contributed by atoms with Crippen LogP contribution >= 0.6 is 23.2 Å². The lowest BCUT2D eigenvalue weighted by molar-refractivity contribution is 0.221. The summed E-state index contributed by atoms with van der Waals surface area (Å²) < 4.78 is 0. The van der Waals surface area contributed by atoms with E-state index in [1.54, 1.807) is 18.2 Å². The zero-order chi connectivity index (χ0) is 13.8. The van der Waals surface area contributed by atoms with Crippen LogP contribution in [0.15, 0.2) is 18.2 Å². The number of halogens is 2. The van der Waals surface area contributed by atoms with E-state index in [0.717, 1.165) is 25.9 Å². The maximum absolute atomic E-state index is 11.9. The summed E-state index contributed by atoms with van der Waals surface area (Å²) in [5.74, 6) is 0. The third-order valence-electron chi connectivity index (χ3n) is 3.25. The molecule has 0 spiro atoms. The number of urea groups is 1. The molecule has 1 aromatic carbocycles. The monoisotopic (exact) mass is 301 g/mol. The van der Waals surface area contributed by atoms with Gasteiger partial charge in [0.15, 0.2) is 0 Å². The molecule has 0 saturated carbocycles. The Balaban J connectivity index is 1.89. The molecule has 2 amide bonds. The first-order valence-electron chi connectivity index (χ1n) is 6.26. The second-order valence-electron chi connectivity index (χ2n) is 4.78. The van der Waals surface area contributed by atoms with Gasteiger partial charge in [-0.3, -0.25) is 0 Å². The molecule has 19 heavy (non-hydrogen) atoms. The van der Waals surface area contributed by atoms with Crippen LogP contribution in [0.2, 0.25) is 10.0 Å². The van der Waals surface area contributed by atoms with Gasteiger partial charge in [0.2, 0.25) is 0 Å². The predicted octanol–water partition coefficient (Wildman–Crippen LogP) is 3.21. The van der Waals surface area contributed by atoms with E-state index in [4.69, 9.17) is 23.2 Å². The van der Waals surface area contributed by atoms with E-state index in [-0.39, 0.29) is 12.1 Å². The van der Waals surface area contributed by atoms with Gasteiger partial charge in [-0.25, -0.2) is 4.79 Å². The Hall–Kier alpha value is -0.970. The summed E-state index contributed by atoms with van der Waals surface area (Å²) in [6.45, 7) is 2.01. The van der Waals surface area contributed by atoms with Crippen molar-refractivity contribution in [2.24, 2.45) is 0 Å². The Bertz CT molecular complexity index is 459. The van der Waals surface area contributed by atoms with Gasteiger partial charge in [-0.1, -0.05) is 29.3 Å². The Morgan fingerprint density at radius 1 is 1.32 bits per heavy atom. The summed E-state index contributed by atoms with van der Waals surface area (Å²) in [5.41, 5.74) is 0.527. The van der Waals surface area contributed by atoms with E-state index in [9.17, 15) is 4.79 Å². The number of amides is 2. The largest absolute Gasteiger partial charge is 0.335 e. The van der Waals surface area contributed by atoms with Crippen molar-refractivity contribution in [3.05, 3.63) is 28.2 Å². The number of carbonyl (C=O) groups is 1. The van der Waals surface area contributed by atoms with Gasteiger partial charge >= 0.3 is 6.03 Å². The summed E-state index contributed by atoms with van der Waals surface area (Å²) in [5, 5.41) is 6.48. The Morgan fingerprint density at radius 2 is 2.00 bits per heavy atom. The molecule has 1 aromatic rings. The van der Waals surface area contributed by atoms with Gasteiger partial charge < -0.3 is 15.5 Å². The van der Waals surface area contributed by atoms with Crippen LogP contribution in [-0.4, -0.2) is 37.1 Å². The molecule has 1 aliphatic heterocycles. The lowest BCUT2D eigenvalue weighted by Crippen LogP contribution is -2.44. The molecule has 1 aliphatic rings. The molecule has 2 rings (SSSR count). The van der Waals surface area contributed by atoms with Gasteiger partial charge in [0, 0.05) is 6.04 Å². The summed E-state index contributed by atoms with van der Waals surface area (Å²) in [6, 6.07) is 5.14. The third-order valence-corrected chi connectivity index (χ3v) is 4.07. The molecule has 1 saturated heterocycles. The minimum atomic E-state index is -0.237. The zero-order valence-corrected chi connectivity index (χ0v) is 12.3. The normalized spacial score (nSPS) is 17.2. The van der Waals surface area contributed by atoms with E-state index in [0.29, 0.717) is 15.7 Å². The highest BCUT2D eigenvalue weighted by molar-refractivity contribution is 6.43. The van der Waals surface area contributed by atoms with E-state index >= 15 is 0 Å². The second-order valence-corrected chi connectivity index (χ2v) is 5.56. The first kappa shape index (κ1) is 14.4. The summed E-state index contributed by atoms with van der Waals surface area (Å²) in [6.07, 6.45) is 1.93. The lowest BCUT2D eigenvalue weighted by atomic mass is 10.1. The van der Waals surface area contributed by atoms with Crippen molar-refractivity contribution in [3.63, 3.8) is 0 Å². The van der Waals surface area contributed by atoms with E-state index < -0.39 is 0 Å². The van der Waals surface area contributed by atoms with Crippen LogP contribution in [0.4, 0.5) is 10.5 Å². The third kappa shape index (κ3) is 4.00. The number of hydrogen-bond donors (Lipinski definition) is 2. The van der Waals surface area contributed by atoms with Crippen molar-refractivity contribution in [3.8, 4) is 0 Å². The van der Waals surface area contributed by atoms with Gasteiger partial charge in [-0.05, 0) is 45.1 Å². The summed E-state index contributed by atoms with van der Waals surface area (Å²) in [7, 11) is 2.09. The van der Waals surface area contributed by atoms with Gasteiger partial charge in [0.1, 0.15) is 0 Å². The Kier molecular flexibility index (Phi) is 4.91. The zero-order valence-electron chi connectivity index (χ0n) is 10.7. The molecular formula is C13H17Cl2N3O. The first-order valence-corrected chi connectivity index (χ1v) is 7.02. The van der Waals surface area contributed by atoms with Crippen LogP contribution in [0.5, 0.6) is 0 Å². The topological polar surface area (TPSA) is 44.4 Å². The highest BCUT2D eigenvalue weighted by atomic mass is 35.5. The summed E-state index contributed by atoms with van der Waals surface area (Å²) >= 11 is 11.9. The van der Waals surface area contributed by atoms with E-state index in [2.05, 4.69) is 22.6 Å². The maximum atomic E-state index is 11.9. The average molecular weight is 302 g/mol. The van der Waals surface area contributed by atoms with Crippen molar-refractivity contribution < 1.29 is 4.79 Å². The van der Waals surface area contributed by atoms with Crippen LogP contribution in [0.25, 0.3) is 0 Å². The predicted molar refractivity (Wildman–Crippen MR) is 79.1 cm³/mol. The fourth-order valence-electron chi connectivity index (χ4n) is 2.10. The Morgan fingerprint density at radius 3 is 2.68 bits per heavy atom. The molecule has 6 heteroatoms. The number of piperidine rings is 1. The van der Waals surface area contributed by atoms with Crippen molar-refractivity contribution in [1.29, 1.82) is 0 Å². The second kappa shape index (κ2) is 6.46. The molecule has 1 heterocycles. The number of carbonyl (C=O) groups excluding carboxylic acids is 1. The molecule has 0 atom stereocenters. The average Bonchev–Trinajstić information content (AvgIpc) is 2.38. The number of likely N-dealkylation sites (tertiary alicyclic amines) is 1. The highest BCUT2D eigenvalue weighted by Gasteiger charge is 2.18. The van der Waals surface area contributed by atoms with Gasteiger partial charge in [0.25, 0.3) is 0 Å². The fraction of sp³-hybridized carbons (Fsp3) is 0.462. The first-order chi connectivity index (χ1) is 9.06. The quantitative estimate of drug-likeness (QED) is 0.881. The van der Waals surface area contributed by atoms with Crippen LogP contribution in [0.3, 0.4) is 0 Å². The van der Waals surface area contributed by atoms with E-state index in [1.807, 2.05) is 0 Å². The fourth-order valence-corrected chi connectivity index (χ4v) is 2.44. The molecule has 0 bridgehead atoms. The number of hydrogen-bond acceptors (Lipinski definition) is 2. The SMILES string of the molecule is CN1CCC(NC(=O)Nc2cccc(Cl)c2Cl)CC1. The number of nitrogens with one attached hydrogen (secondary N) is 2. The molecule has 0 radical (unpaired) electrons. The van der Waals surface area contributed by atoms with Gasteiger partial charge in [-0.2, -0.15) is 0 Å². The minimum absolute atomic E-state index is 0.217. The number of benzene rings is 1. The van der Waals surface area contributed by atoms with Crippen LogP contribution in [-0.2, 0) is 0 Å². The molecule has 2 N–H and O–H groups in total. The minimum Gasteiger partial charge on any atom is -0.335 e. The smallest absolute Gasteiger partial charge is 0.319 e. The van der Waals surface area contributed by atoms with Gasteiger partial charge in [0.05, 0.1) is 15.7 Å². The molecular weight excluding hydrogens is 285 g/mol. The van der Waals surface area contributed by atoms with Crippen molar-refractivity contribution in [2.75, 3.05) is 25.5 Å². The van der Waals surface area contributed by atoms with Gasteiger partial charge in [-0.15, -0.1) is 0 Å². The van der Waals surface area contributed by atoms with Crippen molar-refractivity contribution >= 4 is 34.9 Å². The summed E-state index contributed by atoms with van der Waals surface area (Å²) in [4.78, 5) is 14.1. The number of rotatable bonds is 2. The Labute approximate surface area is 123 Å². The molecule has 1 fully saturated rings. The van der Waals surface area contributed by atoms with E-state index in [1.165, 1.54) is 0 Å². The molecule has 0 aliphatic carbocycles. The number of anilines is 1. The molecule has 4 nitrogen and oxygen atoms in total. The number of nitrogens with zero attached hydrogens (tertiary/aromatic N) is 1. The van der Waals surface area contributed by atoms with Crippen molar-refractivity contribution in [2.45, 2.75) is 18.9 Å². The maximum Gasteiger partial charge on any atom is 0.319 e. The van der Waals surface area contributed by atoms with Crippen LogP contribution in [0.1, 0.15) is 12.8 Å². The molecule has 104 valence electrons. The van der Waals surface area contributed by atoms with Crippen LogP contribution in [0, 0.1) is 0 Å². The standard InChI is InChI=1S/C13H17Cl2N3O/c1-18-7-5-9(6-8-18)16-13(19)17-11-4-2-3-10(14)12(11)15/h2-4,9H,5-8H2,1H3,(H2,16,17,19). The lowest BCUT2D eigenvalue weighted by Gasteiger charge is -2.29.